The number of aromatic nitrogens is 3. The van der Waals surface area contributed by atoms with Gasteiger partial charge in [-0.2, -0.15) is 5.10 Å². The first-order valence-corrected chi connectivity index (χ1v) is 7.68. The van der Waals surface area contributed by atoms with Crippen LogP contribution in [0, 0.1) is 0 Å². The van der Waals surface area contributed by atoms with Crippen molar-refractivity contribution in [2.75, 3.05) is 6.54 Å². The Morgan fingerprint density at radius 1 is 1.39 bits per heavy atom. The molecule has 2 aromatic rings. The van der Waals surface area contributed by atoms with Crippen molar-refractivity contribution in [3.8, 4) is 0 Å². The van der Waals surface area contributed by atoms with Gasteiger partial charge in [-0.05, 0) is 37.0 Å². The van der Waals surface area contributed by atoms with E-state index in [-0.39, 0.29) is 17.6 Å². The summed E-state index contributed by atoms with van der Waals surface area (Å²) in [5.74, 6) is -0.519. The number of H-pyrrole nitrogens is 1. The van der Waals surface area contributed by atoms with Crippen molar-refractivity contribution in [2.45, 2.75) is 31.7 Å². The molecule has 1 atom stereocenters. The molecule has 0 spiro atoms. The molecule has 2 amide bonds. The minimum atomic E-state index is -0.573. The lowest BCUT2D eigenvalue weighted by Gasteiger charge is -2.35. The molecule has 0 radical (unpaired) electrons. The Kier molecular flexibility index (Phi) is 4.36. The van der Waals surface area contributed by atoms with Gasteiger partial charge in [0, 0.05) is 18.9 Å². The zero-order valence-electron chi connectivity index (χ0n) is 12.7. The second-order valence-corrected chi connectivity index (χ2v) is 5.71. The third-order valence-electron chi connectivity index (χ3n) is 4.11. The number of primary amides is 1. The Bertz CT molecular complexity index is 698. The van der Waals surface area contributed by atoms with E-state index >= 15 is 0 Å². The average Bonchev–Trinajstić information content (AvgIpc) is 3.06. The predicted molar refractivity (Wildman–Crippen MR) is 83.4 cm³/mol. The lowest BCUT2D eigenvalue weighted by Crippen LogP contribution is -2.39. The van der Waals surface area contributed by atoms with Crippen LogP contribution in [0.1, 0.15) is 47.1 Å². The average molecular weight is 313 g/mol. The summed E-state index contributed by atoms with van der Waals surface area (Å²) < 4.78 is 0. The molecule has 0 unspecified atom stereocenters. The molecule has 3 N–H and O–H groups in total. The summed E-state index contributed by atoms with van der Waals surface area (Å²) in [5.41, 5.74) is 7.10. The molecule has 0 aromatic carbocycles. The number of amides is 2. The van der Waals surface area contributed by atoms with Crippen LogP contribution in [0.5, 0.6) is 0 Å². The molecule has 0 bridgehead atoms. The molecule has 7 nitrogen and oxygen atoms in total. The first kappa shape index (κ1) is 15.2. The Morgan fingerprint density at radius 2 is 2.26 bits per heavy atom. The van der Waals surface area contributed by atoms with Crippen LogP contribution >= 0.6 is 0 Å². The zero-order valence-corrected chi connectivity index (χ0v) is 12.7. The second kappa shape index (κ2) is 6.60. The highest BCUT2D eigenvalue weighted by atomic mass is 16.2. The number of carbonyl (C=O) groups excluding carboxylic acids is 2. The quantitative estimate of drug-likeness (QED) is 0.884. The number of nitrogens with one attached hydrogen (secondary N) is 1. The first-order chi connectivity index (χ1) is 11.1. The van der Waals surface area contributed by atoms with Crippen molar-refractivity contribution >= 4 is 11.8 Å². The van der Waals surface area contributed by atoms with Crippen molar-refractivity contribution in [3.63, 3.8) is 0 Å². The van der Waals surface area contributed by atoms with Gasteiger partial charge in [0.15, 0.2) is 0 Å². The molecule has 2 aromatic heterocycles. The monoisotopic (exact) mass is 313 g/mol. The standard InChI is InChI=1S/C16H19N5O2/c17-16(23)13-9-12(19-20-13)14-5-1-2-7-21(14)15(22)8-11-4-3-6-18-10-11/h3-4,6,9-10,14H,1-2,5,7-8H2,(H2,17,23)(H,19,20)/t14-/m0/s1. The lowest BCUT2D eigenvalue weighted by molar-refractivity contribution is -0.134. The summed E-state index contributed by atoms with van der Waals surface area (Å²) in [6.45, 7) is 0.703. The predicted octanol–water partition coefficient (Wildman–Crippen LogP) is 1.20. The van der Waals surface area contributed by atoms with E-state index in [1.165, 1.54) is 0 Å². The summed E-state index contributed by atoms with van der Waals surface area (Å²) in [7, 11) is 0. The number of hydrogen-bond donors (Lipinski definition) is 2. The van der Waals surface area contributed by atoms with Crippen molar-refractivity contribution in [2.24, 2.45) is 5.73 Å². The van der Waals surface area contributed by atoms with Crippen LogP contribution in [-0.2, 0) is 11.2 Å². The summed E-state index contributed by atoms with van der Waals surface area (Å²) >= 11 is 0. The molecule has 7 heteroatoms. The maximum atomic E-state index is 12.7. The number of carbonyl (C=O) groups is 2. The topological polar surface area (TPSA) is 105 Å². The minimum absolute atomic E-state index is 0.0536. The number of nitrogens with two attached hydrogens (primary N) is 1. The van der Waals surface area contributed by atoms with Gasteiger partial charge in [0.25, 0.3) is 5.91 Å². The number of aromatic amines is 1. The zero-order chi connectivity index (χ0) is 16.2. The van der Waals surface area contributed by atoms with Crippen molar-refractivity contribution in [3.05, 3.63) is 47.5 Å². The molecule has 120 valence electrons. The molecule has 1 saturated heterocycles. The van der Waals surface area contributed by atoms with Gasteiger partial charge in [-0.3, -0.25) is 19.7 Å². The highest BCUT2D eigenvalue weighted by Crippen LogP contribution is 2.30. The van der Waals surface area contributed by atoms with Crippen LogP contribution < -0.4 is 5.73 Å². The second-order valence-electron chi connectivity index (χ2n) is 5.71. The lowest BCUT2D eigenvalue weighted by atomic mass is 9.98. The molecule has 3 rings (SSSR count). The molecule has 0 aliphatic carbocycles. The summed E-state index contributed by atoms with van der Waals surface area (Å²) in [5, 5.41) is 6.77. The fraction of sp³-hybridized carbons (Fsp3) is 0.375. The highest BCUT2D eigenvalue weighted by molar-refractivity contribution is 5.90. The number of hydrogen-bond acceptors (Lipinski definition) is 4. The summed E-state index contributed by atoms with van der Waals surface area (Å²) in [4.78, 5) is 29.8. The van der Waals surface area contributed by atoms with E-state index in [2.05, 4.69) is 15.2 Å². The van der Waals surface area contributed by atoms with Crippen LogP contribution in [0.3, 0.4) is 0 Å². The third kappa shape index (κ3) is 3.39. The van der Waals surface area contributed by atoms with Crippen molar-refractivity contribution in [1.29, 1.82) is 0 Å². The number of piperidine rings is 1. The van der Waals surface area contributed by atoms with Crippen LogP contribution in [0.25, 0.3) is 0 Å². The smallest absolute Gasteiger partial charge is 0.269 e. The number of nitrogens with zero attached hydrogens (tertiary/aromatic N) is 3. The maximum Gasteiger partial charge on any atom is 0.269 e. The van der Waals surface area contributed by atoms with E-state index in [4.69, 9.17) is 5.73 Å². The van der Waals surface area contributed by atoms with Crippen LogP contribution in [0.2, 0.25) is 0 Å². The third-order valence-corrected chi connectivity index (χ3v) is 4.11. The van der Waals surface area contributed by atoms with E-state index < -0.39 is 5.91 Å². The Morgan fingerprint density at radius 3 is 2.96 bits per heavy atom. The Balaban J connectivity index is 1.77. The number of pyridine rings is 1. The van der Waals surface area contributed by atoms with Gasteiger partial charge in [0.1, 0.15) is 5.69 Å². The largest absolute Gasteiger partial charge is 0.364 e. The van der Waals surface area contributed by atoms with Crippen LogP contribution in [0.15, 0.2) is 30.6 Å². The van der Waals surface area contributed by atoms with E-state index in [9.17, 15) is 9.59 Å². The fourth-order valence-corrected chi connectivity index (χ4v) is 2.97. The molecule has 3 heterocycles. The van der Waals surface area contributed by atoms with Crippen molar-refractivity contribution < 1.29 is 9.59 Å². The Labute approximate surface area is 133 Å². The van der Waals surface area contributed by atoms with Gasteiger partial charge in [0.05, 0.1) is 18.2 Å². The fourth-order valence-electron chi connectivity index (χ4n) is 2.97. The molecular weight excluding hydrogens is 294 g/mol. The molecular formula is C16H19N5O2. The Hall–Kier alpha value is -2.70. The molecule has 1 aliphatic rings. The van der Waals surface area contributed by atoms with Crippen molar-refractivity contribution in [1.82, 2.24) is 20.1 Å². The SMILES string of the molecule is NC(=O)c1cc([C@@H]2CCCCN2C(=O)Cc2cccnc2)[nH]n1. The van der Waals surface area contributed by atoms with Crippen LogP contribution in [-0.4, -0.2) is 38.4 Å². The van der Waals surface area contributed by atoms with E-state index in [1.807, 2.05) is 17.0 Å². The van der Waals surface area contributed by atoms with E-state index in [0.29, 0.717) is 13.0 Å². The highest BCUT2D eigenvalue weighted by Gasteiger charge is 2.29. The normalized spacial score (nSPS) is 17.9. The molecule has 23 heavy (non-hydrogen) atoms. The maximum absolute atomic E-state index is 12.7. The van der Waals surface area contributed by atoms with E-state index in [1.54, 1.807) is 18.5 Å². The summed E-state index contributed by atoms with van der Waals surface area (Å²) in [6, 6.07) is 5.27. The number of rotatable bonds is 4. The van der Waals surface area contributed by atoms with Gasteiger partial charge in [-0.25, -0.2) is 0 Å². The minimum Gasteiger partial charge on any atom is -0.364 e. The number of likely N-dealkylation sites (tertiary alicyclic amines) is 1. The molecule has 1 fully saturated rings. The summed E-state index contributed by atoms with van der Waals surface area (Å²) in [6.07, 6.45) is 6.57. The van der Waals surface area contributed by atoms with E-state index in [0.717, 1.165) is 30.5 Å². The first-order valence-electron chi connectivity index (χ1n) is 7.68. The van der Waals surface area contributed by atoms with Crippen LogP contribution in [0.4, 0.5) is 0 Å². The van der Waals surface area contributed by atoms with Gasteiger partial charge in [0.2, 0.25) is 5.91 Å². The molecule has 1 aliphatic heterocycles. The van der Waals surface area contributed by atoms with Gasteiger partial charge < -0.3 is 10.6 Å². The molecule has 0 saturated carbocycles. The van der Waals surface area contributed by atoms with Gasteiger partial charge in [-0.1, -0.05) is 6.07 Å². The van der Waals surface area contributed by atoms with Gasteiger partial charge in [-0.15, -0.1) is 0 Å². The van der Waals surface area contributed by atoms with Gasteiger partial charge >= 0.3 is 0 Å².